The van der Waals surface area contributed by atoms with Crippen LogP contribution in [0.4, 0.5) is 10.5 Å². The Hall–Kier alpha value is -3.06. The summed E-state index contributed by atoms with van der Waals surface area (Å²) in [5, 5.41) is -0.305. The van der Waals surface area contributed by atoms with E-state index >= 15 is 0 Å². The smallest absolute Gasteiger partial charge is 0.338 e. The second-order valence-electron chi connectivity index (χ2n) is 6.67. The van der Waals surface area contributed by atoms with Crippen molar-refractivity contribution in [3.05, 3.63) is 70.1 Å². The number of rotatable bonds is 6. The number of carbonyl (C=O) groups is 3. The summed E-state index contributed by atoms with van der Waals surface area (Å²) in [5.74, 6) is -0.709. The summed E-state index contributed by atoms with van der Waals surface area (Å²) in [5.41, 5.74) is 3.11. The Balaban J connectivity index is 1.71. The zero-order valence-electron chi connectivity index (χ0n) is 16.5. The molecule has 2 amide bonds. The van der Waals surface area contributed by atoms with Gasteiger partial charge in [0.2, 0.25) is 0 Å². The molecule has 2 aromatic rings. The van der Waals surface area contributed by atoms with Crippen molar-refractivity contribution in [3.8, 4) is 0 Å². The average molecular weight is 410 g/mol. The van der Waals surface area contributed by atoms with Crippen molar-refractivity contribution in [1.29, 1.82) is 0 Å². The zero-order chi connectivity index (χ0) is 21.0. The number of nitrogens with zero attached hydrogens (tertiary/aromatic N) is 2. The third-order valence-corrected chi connectivity index (χ3v) is 5.29. The highest BCUT2D eigenvalue weighted by Crippen LogP contribution is 2.33. The summed E-state index contributed by atoms with van der Waals surface area (Å²) >= 11 is 0.935. The molecule has 6 nitrogen and oxygen atoms in total. The normalized spacial score (nSPS) is 15.1. The molecule has 150 valence electrons. The molecule has 1 heterocycles. The molecule has 0 bridgehead atoms. The van der Waals surface area contributed by atoms with Gasteiger partial charge in [0.1, 0.15) is 0 Å². The number of carbonyl (C=O) groups excluding carboxylic acids is 3. The summed E-state index contributed by atoms with van der Waals surface area (Å²) in [4.78, 5) is 40.4. The molecule has 0 unspecified atom stereocenters. The highest BCUT2D eigenvalue weighted by molar-refractivity contribution is 8.18. The predicted octanol–water partition coefficient (Wildman–Crippen LogP) is 4.17. The lowest BCUT2D eigenvalue weighted by atomic mass is 10.1. The molecule has 1 saturated heterocycles. The Kier molecular flexibility index (Phi) is 6.39. The zero-order valence-corrected chi connectivity index (χ0v) is 17.4. The lowest BCUT2D eigenvalue weighted by Crippen LogP contribution is -2.27. The van der Waals surface area contributed by atoms with E-state index in [0.717, 1.165) is 28.6 Å². The van der Waals surface area contributed by atoms with Gasteiger partial charge in [0, 0.05) is 19.8 Å². The molecule has 0 atom stereocenters. The highest BCUT2D eigenvalue weighted by Gasteiger charge is 2.35. The van der Waals surface area contributed by atoms with Gasteiger partial charge in [-0.1, -0.05) is 24.3 Å². The van der Waals surface area contributed by atoms with Crippen LogP contribution in [0.25, 0.3) is 6.08 Å². The van der Waals surface area contributed by atoms with Gasteiger partial charge < -0.3 is 9.64 Å². The summed E-state index contributed by atoms with van der Waals surface area (Å²) in [7, 11) is 3.92. The van der Waals surface area contributed by atoms with Crippen molar-refractivity contribution >= 4 is 40.6 Å². The van der Waals surface area contributed by atoms with E-state index < -0.39 is 5.97 Å². The quantitative estimate of drug-likeness (QED) is 0.526. The third-order valence-electron chi connectivity index (χ3n) is 4.39. The van der Waals surface area contributed by atoms with Crippen LogP contribution >= 0.6 is 11.8 Å². The van der Waals surface area contributed by atoms with Crippen molar-refractivity contribution in [2.45, 2.75) is 13.5 Å². The minimum absolute atomic E-state index is 0.157. The fourth-order valence-corrected chi connectivity index (χ4v) is 3.64. The fourth-order valence-electron chi connectivity index (χ4n) is 2.80. The van der Waals surface area contributed by atoms with Crippen LogP contribution in [0.2, 0.25) is 0 Å². The van der Waals surface area contributed by atoms with E-state index in [-0.39, 0.29) is 17.7 Å². The number of anilines is 1. The summed E-state index contributed by atoms with van der Waals surface area (Å²) < 4.78 is 4.96. The van der Waals surface area contributed by atoms with Gasteiger partial charge in [0.15, 0.2) is 0 Å². The number of imide groups is 1. The number of esters is 1. The first-order valence-corrected chi connectivity index (χ1v) is 9.99. The lowest BCUT2D eigenvalue weighted by molar-refractivity contribution is -0.123. The molecule has 29 heavy (non-hydrogen) atoms. The first-order valence-electron chi connectivity index (χ1n) is 9.18. The Morgan fingerprint density at radius 1 is 1.07 bits per heavy atom. The van der Waals surface area contributed by atoms with E-state index in [1.807, 2.05) is 43.3 Å². The van der Waals surface area contributed by atoms with E-state index in [1.54, 1.807) is 37.3 Å². The van der Waals surface area contributed by atoms with Gasteiger partial charge in [0.25, 0.3) is 11.1 Å². The van der Waals surface area contributed by atoms with E-state index in [2.05, 4.69) is 0 Å². The number of thioether (sulfide) groups is 1. The average Bonchev–Trinajstić information content (AvgIpc) is 2.96. The van der Waals surface area contributed by atoms with Gasteiger partial charge in [-0.3, -0.25) is 14.5 Å². The Labute approximate surface area is 174 Å². The van der Waals surface area contributed by atoms with Crippen LogP contribution in [0.1, 0.15) is 28.4 Å². The van der Waals surface area contributed by atoms with E-state index in [9.17, 15) is 14.4 Å². The molecular weight excluding hydrogens is 388 g/mol. The van der Waals surface area contributed by atoms with Crippen molar-refractivity contribution in [1.82, 2.24) is 4.90 Å². The summed E-state index contributed by atoms with van der Waals surface area (Å²) in [6, 6.07) is 14.5. The van der Waals surface area contributed by atoms with Crippen LogP contribution in [0.5, 0.6) is 0 Å². The number of benzene rings is 2. The Morgan fingerprint density at radius 3 is 2.31 bits per heavy atom. The van der Waals surface area contributed by atoms with Gasteiger partial charge in [-0.25, -0.2) is 4.79 Å². The summed E-state index contributed by atoms with van der Waals surface area (Å²) in [6.45, 7) is 2.21. The molecule has 0 radical (unpaired) electrons. The van der Waals surface area contributed by atoms with Gasteiger partial charge in [0.05, 0.1) is 23.6 Å². The monoisotopic (exact) mass is 410 g/mol. The van der Waals surface area contributed by atoms with Gasteiger partial charge in [-0.15, -0.1) is 0 Å². The number of hydrogen-bond donors (Lipinski definition) is 0. The molecule has 1 aliphatic heterocycles. The predicted molar refractivity (Wildman–Crippen MR) is 115 cm³/mol. The molecule has 1 aliphatic rings. The maximum Gasteiger partial charge on any atom is 0.338 e. The highest BCUT2D eigenvalue weighted by atomic mass is 32.2. The minimum Gasteiger partial charge on any atom is -0.462 e. The second-order valence-corrected chi connectivity index (χ2v) is 7.66. The molecule has 1 fully saturated rings. The number of amides is 2. The Bertz CT molecular complexity index is 950. The van der Waals surface area contributed by atoms with Crippen molar-refractivity contribution in [2.75, 3.05) is 25.6 Å². The number of ether oxygens (including phenoxy) is 1. The van der Waals surface area contributed by atoms with Crippen LogP contribution in [0.3, 0.4) is 0 Å². The molecular formula is C22H22N2O4S. The topological polar surface area (TPSA) is 66.9 Å². The molecule has 0 spiro atoms. The molecule has 0 N–H and O–H groups in total. The van der Waals surface area contributed by atoms with E-state index in [0.29, 0.717) is 17.1 Å². The van der Waals surface area contributed by atoms with E-state index in [4.69, 9.17) is 4.74 Å². The third kappa shape index (κ3) is 4.86. The minimum atomic E-state index is -0.395. The first-order chi connectivity index (χ1) is 13.9. The SMILES string of the molecule is CCOC(=O)c1ccc(CN2C(=O)S/C(=C/c3ccc(N(C)C)cc3)C2=O)cc1. The van der Waals surface area contributed by atoms with Crippen LogP contribution in [-0.4, -0.2) is 42.7 Å². The molecule has 0 aromatic heterocycles. The molecule has 0 aliphatic carbocycles. The fraction of sp³-hybridized carbons (Fsp3) is 0.227. The van der Waals surface area contributed by atoms with Crippen molar-refractivity contribution < 1.29 is 19.1 Å². The van der Waals surface area contributed by atoms with Crippen LogP contribution < -0.4 is 4.90 Å². The van der Waals surface area contributed by atoms with E-state index in [1.165, 1.54) is 4.90 Å². The maximum absolute atomic E-state index is 12.7. The van der Waals surface area contributed by atoms with Gasteiger partial charge in [-0.05, 0) is 60.2 Å². The second kappa shape index (κ2) is 8.96. The lowest BCUT2D eigenvalue weighted by Gasteiger charge is -2.13. The van der Waals surface area contributed by atoms with Crippen molar-refractivity contribution in [3.63, 3.8) is 0 Å². The molecule has 7 heteroatoms. The van der Waals surface area contributed by atoms with Crippen LogP contribution in [-0.2, 0) is 16.1 Å². The van der Waals surface area contributed by atoms with Gasteiger partial charge >= 0.3 is 5.97 Å². The maximum atomic E-state index is 12.7. The molecule has 2 aromatic carbocycles. The largest absolute Gasteiger partial charge is 0.462 e. The summed E-state index contributed by atoms with van der Waals surface area (Å²) in [6.07, 6.45) is 1.73. The van der Waals surface area contributed by atoms with Crippen molar-refractivity contribution in [2.24, 2.45) is 0 Å². The van der Waals surface area contributed by atoms with Crippen LogP contribution in [0, 0.1) is 0 Å². The Morgan fingerprint density at radius 2 is 1.72 bits per heavy atom. The molecule has 3 rings (SSSR count). The number of hydrogen-bond acceptors (Lipinski definition) is 6. The molecule has 0 saturated carbocycles. The van der Waals surface area contributed by atoms with Gasteiger partial charge in [-0.2, -0.15) is 0 Å². The van der Waals surface area contributed by atoms with Crippen LogP contribution in [0.15, 0.2) is 53.4 Å². The standard InChI is InChI=1S/C22H22N2O4S/c1-4-28-21(26)17-9-5-16(6-10-17)14-24-20(25)19(29-22(24)27)13-15-7-11-18(12-8-15)23(2)3/h5-13H,4,14H2,1-3H3/b19-13+. The first kappa shape index (κ1) is 20.7.